The van der Waals surface area contributed by atoms with Crippen LogP contribution in [0.25, 0.3) is 10.9 Å². The van der Waals surface area contributed by atoms with Crippen molar-refractivity contribution in [3.63, 3.8) is 0 Å². The Bertz CT molecular complexity index is 2330. The molecule has 15 heteroatoms. The Morgan fingerprint density at radius 2 is 1.82 bits per heavy atom. The quantitative estimate of drug-likeness (QED) is 0.154. The Morgan fingerprint density at radius 3 is 2.52 bits per heavy atom. The van der Waals surface area contributed by atoms with E-state index in [2.05, 4.69) is 38.3 Å². The van der Waals surface area contributed by atoms with E-state index in [1.807, 2.05) is 49.2 Å². The zero-order valence-corrected chi connectivity index (χ0v) is 36.7. The normalized spacial score (nSPS) is 34.8. The summed E-state index contributed by atoms with van der Waals surface area (Å²) >= 11 is 0. The number of fused-ring (bicyclic) bond motifs is 6. The van der Waals surface area contributed by atoms with Crippen molar-refractivity contribution >= 4 is 34.6 Å². The molecule has 6 aliphatic rings. The van der Waals surface area contributed by atoms with Gasteiger partial charge in [-0.1, -0.05) is 37.3 Å². The van der Waals surface area contributed by atoms with Gasteiger partial charge in [-0.2, -0.15) is 0 Å². The van der Waals surface area contributed by atoms with E-state index < -0.39 is 63.9 Å². The Balaban J connectivity index is 1.34. The number of rotatable bonds is 8. The first kappa shape index (κ1) is 42.6. The van der Waals surface area contributed by atoms with Crippen LogP contribution in [-0.2, 0) is 41.1 Å². The summed E-state index contributed by atoms with van der Waals surface area (Å²) in [7, 11) is 6.09. The highest BCUT2D eigenvalue weighted by molar-refractivity contribution is 5.94. The number of carbonyl (C=O) groups is 3. The number of piperidine rings is 1. The third kappa shape index (κ3) is 5.89. The predicted molar refractivity (Wildman–Crippen MR) is 228 cm³/mol. The average Bonchev–Trinajstić information content (AvgIpc) is 3.92. The standard InChI is InChI=1S/C47H59F2N5O8/c1-8-44-15-11-17-54-19-16-45(38(44)54)32-21-33(36(59-5)22-35(32)52(4)39(45)47(58,26-50-42(57)61-7)40(44)62-27(2)55)46(41(56)60-6)23-28-20-29(43(3,48)49)25-53(24-28)18-14-31-30-12-9-10-13-34(30)51-37(31)46/h9-13,15,21-22,28-29,38-40,51,58H,8,14,16-20,23-26H2,1-7H3,(H,50,57)/t28-,29+,38-,39+,40+,44+,45+,46-,47?/m0/s1. The average molecular weight is 860 g/mol. The highest BCUT2D eigenvalue weighted by Crippen LogP contribution is 2.68. The molecule has 3 fully saturated rings. The summed E-state index contributed by atoms with van der Waals surface area (Å²) in [5.41, 5.74) is -0.582. The number of esters is 2. The summed E-state index contributed by atoms with van der Waals surface area (Å²) in [6.07, 6.45) is 4.32. The van der Waals surface area contributed by atoms with Gasteiger partial charge in [-0.15, -0.1) is 0 Å². The molecule has 334 valence electrons. The first-order valence-electron chi connectivity index (χ1n) is 21.9. The van der Waals surface area contributed by atoms with Crippen LogP contribution in [0.5, 0.6) is 5.75 Å². The molecular weight excluding hydrogens is 801 g/mol. The van der Waals surface area contributed by atoms with Crippen molar-refractivity contribution in [1.29, 1.82) is 0 Å². The molecule has 3 aromatic rings. The van der Waals surface area contributed by atoms with E-state index in [-0.39, 0.29) is 37.9 Å². The summed E-state index contributed by atoms with van der Waals surface area (Å²) < 4.78 is 54.3. The van der Waals surface area contributed by atoms with Gasteiger partial charge in [-0.25, -0.2) is 13.6 Å². The summed E-state index contributed by atoms with van der Waals surface area (Å²) in [5, 5.41) is 17.3. The number of anilines is 1. The number of hydrogen-bond donors (Lipinski definition) is 3. The first-order valence-corrected chi connectivity index (χ1v) is 21.9. The molecule has 1 amide bonds. The van der Waals surface area contributed by atoms with E-state index in [0.717, 1.165) is 34.6 Å². The van der Waals surface area contributed by atoms with Crippen molar-refractivity contribution in [3.05, 3.63) is 70.9 Å². The highest BCUT2D eigenvalue weighted by Gasteiger charge is 2.78. The Morgan fingerprint density at radius 1 is 1.05 bits per heavy atom. The van der Waals surface area contributed by atoms with E-state index >= 15 is 13.6 Å². The van der Waals surface area contributed by atoms with Crippen LogP contribution in [0.1, 0.15) is 68.8 Å². The van der Waals surface area contributed by atoms with Gasteiger partial charge in [0.2, 0.25) is 5.92 Å². The number of ether oxygens (including phenoxy) is 4. The van der Waals surface area contributed by atoms with E-state index in [1.165, 1.54) is 21.1 Å². The molecule has 1 aliphatic carbocycles. The molecular formula is C47H59F2N5O8. The number of halogens is 2. The molecule has 2 bridgehead atoms. The second-order valence-corrected chi connectivity index (χ2v) is 18.9. The number of likely N-dealkylation sites (N-methyl/N-ethyl adjacent to an activating group) is 1. The zero-order valence-electron chi connectivity index (χ0n) is 36.7. The predicted octanol–water partition coefficient (Wildman–Crippen LogP) is 5.30. The molecule has 9 rings (SSSR count). The molecule has 2 saturated heterocycles. The largest absolute Gasteiger partial charge is 0.496 e. The fraction of sp³-hybridized carbons (Fsp3) is 0.596. The molecule has 1 spiro atoms. The van der Waals surface area contributed by atoms with Crippen LogP contribution in [0.2, 0.25) is 0 Å². The van der Waals surface area contributed by atoms with Gasteiger partial charge in [-0.05, 0) is 74.8 Å². The van der Waals surface area contributed by atoms with Gasteiger partial charge < -0.3 is 44.2 Å². The van der Waals surface area contributed by atoms with Gasteiger partial charge in [0.25, 0.3) is 0 Å². The maximum Gasteiger partial charge on any atom is 0.406 e. The van der Waals surface area contributed by atoms with Crippen molar-refractivity contribution in [2.24, 2.45) is 17.3 Å². The van der Waals surface area contributed by atoms with Crippen LogP contribution in [0.3, 0.4) is 0 Å². The van der Waals surface area contributed by atoms with Gasteiger partial charge in [0, 0.05) is 96.9 Å². The molecule has 1 saturated carbocycles. The fourth-order valence-corrected chi connectivity index (χ4v) is 13.7. The summed E-state index contributed by atoms with van der Waals surface area (Å²) in [6, 6.07) is 10.9. The number of nitrogens with zero attached hydrogens (tertiary/aromatic N) is 3. The van der Waals surface area contributed by atoms with Gasteiger partial charge in [0.1, 0.15) is 22.9 Å². The maximum atomic E-state index is 15.4. The van der Waals surface area contributed by atoms with Crippen LogP contribution in [0.15, 0.2) is 48.6 Å². The van der Waals surface area contributed by atoms with Crippen LogP contribution in [-0.4, -0.2) is 135 Å². The topological polar surface area (TPSA) is 146 Å². The number of methoxy groups -OCH3 is 3. The summed E-state index contributed by atoms with van der Waals surface area (Å²) in [4.78, 5) is 51.5. The fourth-order valence-electron chi connectivity index (χ4n) is 13.7. The lowest BCUT2D eigenvalue weighted by atomic mass is 9.47. The van der Waals surface area contributed by atoms with Gasteiger partial charge >= 0.3 is 18.0 Å². The number of aromatic amines is 1. The van der Waals surface area contributed by atoms with Crippen molar-refractivity contribution in [2.45, 2.75) is 93.4 Å². The SMILES string of the molecule is CC[C@]12C=CCN3CC[C@@]4(c5cc([C@@]6(C(=O)OC)C[C@@H]7C[C@@H](C(C)(F)F)CN(CCc8c6[nH]c6ccccc86)C7)c(OC)cc5N(C)[C@H]4C(O)(CNC(=O)OC)[C@@H]1OC(C)=O)[C@@H]32. The molecule has 3 N–H and O–H groups in total. The maximum absolute atomic E-state index is 15.4. The third-order valence-corrected chi connectivity index (χ3v) is 15.9. The number of aliphatic hydroxyl groups is 1. The summed E-state index contributed by atoms with van der Waals surface area (Å²) in [6.45, 7) is 6.71. The molecule has 6 heterocycles. The molecule has 5 aliphatic heterocycles. The van der Waals surface area contributed by atoms with Gasteiger partial charge in [0.05, 0.1) is 33.9 Å². The summed E-state index contributed by atoms with van der Waals surface area (Å²) in [5.74, 6) is -4.85. The number of hydrogen-bond acceptors (Lipinski definition) is 11. The van der Waals surface area contributed by atoms with E-state index in [9.17, 15) is 14.7 Å². The Hall–Kier alpha value is -4.73. The Labute approximate surface area is 361 Å². The number of para-hydroxylation sites is 1. The lowest BCUT2D eigenvalue weighted by Gasteiger charge is -2.64. The Kier molecular flexibility index (Phi) is 10.3. The molecule has 10 atom stereocenters. The van der Waals surface area contributed by atoms with Crippen molar-refractivity contribution < 1.29 is 47.2 Å². The number of alkyl carbamates (subject to hydrolysis) is 1. The van der Waals surface area contributed by atoms with Crippen molar-refractivity contribution in [1.82, 2.24) is 20.1 Å². The second-order valence-electron chi connectivity index (χ2n) is 18.9. The van der Waals surface area contributed by atoms with Gasteiger partial charge in [0.15, 0.2) is 0 Å². The number of nitrogens with one attached hydrogen (secondary N) is 2. The zero-order chi connectivity index (χ0) is 44.1. The number of carbonyl (C=O) groups excluding carboxylic acids is 3. The van der Waals surface area contributed by atoms with Gasteiger partial charge in [-0.3, -0.25) is 14.5 Å². The minimum Gasteiger partial charge on any atom is -0.496 e. The lowest BCUT2D eigenvalue weighted by molar-refractivity contribution is -0.217. The number of amides is 1. The number of aromatic nitrogens is 1. The van der Waals surface area contributed by atoms with Crippen LogP contribution >= 0.6 is 0 Å². The second kappa shape index (κ2) is 14.9. The van der Waals surface area contributed by atoms with E-state index in [1.54, 1.807) is 7.11 Å². The highest BCUT2D eigenvalue weighted by atomic mass is 19.3. The monoisotopic (exact) mass is 859 g/mol. The molecule has 1 aromatic heterocycles. The first-order chi connectivity index (χ1) is 29.5. The van der Waals surface area contributed by atoms with Crippen LogP contribution in [0.4, 0.5) is 19.3 Å². The van der Waals surface area contributed by atoms with Crippen molar-refractivity contribution in [2.75, 3.05) is 72.5 Å². The van der Waals surface area contributed by atoms with Crippen LogP contribution in [0, 0.1) is 17.3 Å². The van der Waals surface area contributed by atoms with Crippen molar-refractivity contribution in [3.8, 4) is 5.75 Å². The number of alkyl halides is 2. The molecule has 62 heavy (non-hydrogen) atoms. The third-order valence-electron chi connectivity index (χ3n) is 15.9. The van der Waals surface area contributed by atoms with E-state index in [4.69, 9.17) is 18.9 Å². The van der Waals surface area contributed by atoms with Crippen LogP contribution < -0.4 is 15.0 Å². The minimum absolute atomic E-state index is 0.169. The molecule has 2 aromatic carbocycles. The van der Waals surface area contributed by atoms with E-state index in [0.29, 0.717) is 62.4 Å². The molecule has 13 nitrogen and oxygen atoms in total. The molecule has 0 radical (unpaired) electrons. The number of H-pyrrole nitrogens is 1. The number of benzene rings is 2. The minimum atomic E-state index is -2.93. The molecule has 2 unspecified atom stereocenters. The smallest absolute Gasteiger partial charge is 0.406 e. The lowest BCUT2D eigenvalue weighted by Crippen LogP contribution is -2.81.